The van der Waals surface area contributed by atoms with Crippen LogP contribution in [0.3, 0.4) is 0 Å². The molecule has 3 heteroatoms. The van der Waals surface area contributed by atoms with Crippen molar-refractivity contribution in [3.8, 4) is 6.07 Å². The molecule has 0 aliphatic heterocycles. The third-order valence-corrected chi connectivity index (χ3v) is 3.55. The maximum absolute atomic E-state index is 8.79. The highest BCUT2D eigenvalue weighted by Crippen LogP contribution is 2.12. The SMILES string of the molecule is CCCC(CBr)CN(CC)CC(C)C#N. The van der Waals surface area contributed by atoms with E-state index in [0.717, 1.165) is 30.9 Å². The maximum Gasteiger partial charge on any atom is 0.0666 e. The quantitative estimate of drug-likeness (QED) is 0.636. The first kappa shape index (κ1) is 14.9. The lowest BCUT2D eigenvalue weighted by molar-refractivity contribution is 0.230. The molecule has 0 bridgehead atoms. The van der Waals surface area contributed by atoms with Gasteiger partial charge in [-0.3, -0.25) is 0 Å². The van der Waals surface area contributed by atoms with Gasteiger partial charge in [0.1, 0.15) is 0 Å². The van der Waals surface area contributed by atoms with Gasteiger partial charge < -0.3 is 4.90 Å². The highest BCUT2D eigenvalue weighted by Gasteiger charge is 2.13. The average molecular weight is 275 g/mol. The van der Waals surface area contributed by atoms with Crippen LogP contribution in [-0.2, 0) is 0 Å². The lowest BCUT2D eigenvalue weighted by Crippen LogP contribution is -2.33. The molecule has 0 N–H and O–H groups in total. The molecule has 0 aliphatic carbocycles. The smallest absolute Gasteiger partial charge is 0.0666 e. The average Bonchev–Trinajstić information content (AvgIpc) is 2.26. The van der Waals surface area contributed by atoms with Gasteiger partial charge in [-0.25, -0.2) is 0 Å². The second kappa shape index (κ2) is 9.18. The van der Waals surface area contributed by atoms with Crippen LogP contribution in [-0.4, -0.2) is 29.9 Å². The molecule has 0 amide bonds. The maximum atomic E-state index is 8.79. The van der Waals surface area contributed by atoms with Crippen LogP contribution in [0.4, 0.5) is 0 Å². The van der Waals surface area contributed by atoms with Gasteiger partial charge in [-0.2, -0.15) is 5.26 Å². The Morgan fingerprint density at radius 1 is 1.33 bits per heavy atom. The molecule has 2 unspecified atom stereocenters. The first-order valence-electron chi connectivity index (χ1n) is 5.85. The fourth-order valence-corrected chi connectivity index (χ4v) is 2.28. The van der Waals surface area contributed by atoms with Gasteiger partial charge in [-0.15, -0.1) is 0 Å². The molecule has 0 heterocycles. The molecule has 15 heavy (non-hydrogen) atoms. The van der Waals surface area contributed by atoms with Crippen molar-refractivity contribution in [1.82, 2.24) is 4.90 Å². The zero-order valence-electron chi connectivity index (χ0n) is 10.2. The molecular formula is C12H23BrN2. The predicted molar refractivity (Wildman–Crippen MR) is 69.1 cm³/mol. The number of hydrogen-bond donors (Lipinski definition) is 0. The van der Waals surface area contributed by atoms with Crippen LogP contribution in [0, 0.1) is 23.2 Å². The molecule has 2 nitrogen and oxygen atoms in total. The summed E-state index contributed by atoms with van der Waals surface area (Å²) in [7, 11) is 0. The van der Waals surface area contributed by atoms with Crippen molar-refractivity contribution in [2.75, 3.05) is 25.0 Å². The van der Waals surface area contributed by atoms with Crippen molar-refractivity contribution in [3.05, 3.63) is 0 Å². The van der Waals surface area contributed by atoms with Gasteiger partial charge in [0.15, 0.2) is 0 Å². The Bertz CT molecular complexity index is 189. The number of alkyl halides is 1. The number of hydrogen-bond acceptors (Lipinski definition) is 2. The summed E-state index contributed by atoms with van der Waals surface area (Å²) in [6, 6.07) is 2.30. The van der Waals surface area contributed by atoms with E-state index in [1.807, 2.05) is 6.92 Å². The third kappa shape index (κ3) is 6.92. The van der Waals surface area contributed by atoms with Gasteiger partial charge >= 0.3 is 0 Å². The molecule has 0 rings (SSSR count). The van der Waals surface area contributed by atoms with Crippen molar-refractivity contribution in [3.63, 3.8) is 0 Å². The van der Waals surface area contributed by atoms with Crippen LogP contribution < -0.4 is 0 Å². The first-order chi connectivity index (χ1) is 7.17. The van der Waals surface area contributed by atoms with Crippen molar-refractivity contribution >= 4 is 15.9 Å². The Labute approximate surface area is 103 Å². The summed E-state index contributed by atoms with van der Waals surface area (Å²) in [5.41, 5.74) is 0. The van der Waals surface area contributed by atoms with Gasteiger partial charge in [0.25, 0.3) is 0 Å². The Balaban J connectivity index is 4.01. The van der Waals surface area contributed by atoms with Crippen LogP contribution in [0.1, 0.15) is 33.6 Å². The lowest BCUT2D eigenvalue weighted by Gasteiger charge is -2.26. The Hall–Kier alpha value is -0.0700. The molecule has 2 atom stereocenters. The van der Waals surface area contributed by atoms with Gasteiger partial charge in [0.05, 0.1) is 12.0 Å². The minimum atomic E-state index is 0.141. The van der Waals surface area contributed by atoms with Crippen molar-refractivity contribution < 1.29 is 0 Å². The zero-order valence-corrected chi connectivity index (χ0v) is 11.8. The molecule has 0 radical (unpaired) electrons. The van der Waals surface area contributed by atoms with Gasteiger partial charge in [-0.1, -0.05) is 36.2 Å². The van der Waals surface area contributed by atoms with Crippen LogP contribution in [0.15, 0.2) is 0 Å². The van der Waals surface area contributed by atoms with Crippen LogP contribution in [0.25, 0.3) is 0 Å². The number of rotatable bonds is 8. The molecule has 0 saturated carbocycles. The molecule has 0 aromatic heterocycles. The van der Waals surface area contributed by atoms with E-state index in [4.69, 9.17) is 5.26 Å². The van der Waals surface area contributed by atoms with Crippen molar-refractivity contribution in [2.45, 2.75) is 33.6 Å². The van der Waals surface area contributed by atoms with Gasteiger partial charge in [0, 0.05) is 18.4 Å². The predicted octanol–water partition coefficient (Wildman–Crippen LogP) is 3.28. The van der Waals surface area contributed by atoms with Crippen LogP contribution in [0.2, 0.25) is 0 Å². The summed E-state index contributed by atoms with van der Waals surface area (Å²) in [6.07, 6.45) is 2.50. The Morgan fingerprint density at radius 2 is 2.00 bits per heavy atom. The second-order valence-electron chi connectivity index (χ2n) is 4.19. The number of nitrogens with zero attached hydrogens (tertiary/aromatic N) is 2. The summed E-state index contributed by atoms with van der Waals surface area (Å²) >= 11 is 3.57. The van der Waals surface area contributed by atoms with Gasteiger partial charge in [-0.05, 0) is 25.8 Å². The van der Waals surface area contributed by atoms with Crippen molar-refractivity contribution in [2.24, 2.45) is 11.8 Å². The minimum absolute atomic E-state index is 0.141. The van der Waals surface area contributed by atoms with E-state index in [1.54, 1.807) is 0 Å². The van der Waals surface area contributed by atoms with E-state index < -0.39 is 0 Å². The highest BCUT2D eigenvalue weighted by atomic mass is 79.9. The fourth-order valence-electron chi connectivity index (χ4n) is 1.75. The Morgan fingerprint density at radius 3 is 2.40 bits per heavy atom. The highest BCUT2D eigenvalue weighted by molar-refractivity contribution is 9.09. The number of halogens is 1. The van der Waals surface area contributed by atoms with E-state index in [2.05, 4.69) is 40.7 Å². The molecule has 0 aromatic carbocycles. The van der Waals surface area contributed by atoms with Crippen LogP contribution >= 0.6 is 15.9 Å². The molecule has 0 aromatic rings. The minimum Gasteiger partial charge on any atom is -0.302 e. The third-order valence-electron chi connectivity index (χ3n) is 2.63. The summed E-state index contributed by atoms with van der Waals surface area (Å²) in [6.45, 7) is 9.44. The normalized spacial score (nSPS) is 14.9. The van der Waals surface area contributed by atoms with E-state index in [-0.39, 0.29) is 5.92 Å². The van der Waals surface area contributed by atoms with Gasteiger partial charge in [0.2, 0.25) is 0 Å². The molecule has 0 fully saturated rings. The van der Waals surface area contributed by atoms with E-state index >= 15 is 0 Å². The molecule has 0 saturated heterocycles. The van der Waals surface area contributed by atoms with Crippen molar-refractivity contribution in [1.29, 1.82) is 5.26 Å². The topological polar surface area (TPSA) is 27.0 Å². The molecule has 0 aliphatic rings. The second-order valence-corrected chi connectivity index (χ2v) is 4.84. The van der Waals surface area contributed by atoms with E-state index in [1.165, 1.54) is 12.8 Å². The monoisotopic (exact) mass is 274 g/mol. The summed E-state index contributed by atoms with van der Waals surface area (Å²) in [5.74, 6) is 0.864. The molecule has 88 valence electrons. The summed E-state index contributed by atoms with van der Waals surface area (Å²) < 4.78 is 0. The summed E-state index contributed by atoms with van der Waals surface area (Å²) in [5, 5.41) is 9.86. The zero-order chi connectivity index (χ0) is 11.7. The molecule has 0 spiro atoms. The van der Waals surface area contributed by atoms with E-state index in [9.17, 15) is 0 Å². The van der Waals surface area contributed by atoms with Crippen LogP contribution in [0.5, 0.6) is 0 Å². The lowest BCUT2D eigenvalue weighted by atomic mass is 10.0. The fraction of sp³-hybridized carbons (Fsp3) is 0.917. The Kier molecular flexibility index (Phi) is 9.13. The first-order valence-corrected chi connectivity index (χ1v) is 6.97. The largest absolute Gasteiger partial charge is 0.302 e. The summed E-state index contributed by atoms with van der Waals surface area (Å²) in [4.78, 5) is 2.38. The van der Waals surface area contributed by atoms with E-state index in [0.29, 0.717) is 0 Å². The number of nitriles is 1. The molecular weight excluding hydrogens is 252 g/mol. The standard InChI is InChI=1S/C12H23BrN2/c1-4-6-12(7-13)10-15(5-2)9-11(3)8-14/h11-12H,4-7,9-10H2,1-3H3.